The summed E-state index contributed by atoms with van der Waals surface area (Å²) in [4.78, 5) is 34.0. The van der Waals surface area contributed by atoms with Crippen LogP contribution < -0.4 is 16.6 Å². The smallest absolute Gasteiger partial charge is 0.259 e. The quantitative estimate of drug-likeness (QED) is 0.449. The van der Waals surface area contributed by atoms with Crippen LogP contribution in [-0.2, 0) is 0 Å². The molecule has 3 N–H and O–H groups in total. The Balaban J connectivity index is 1.66. The van der Waals surface area contributed by atoms with Crippen LogP contribution in [0.15, 0.2) is 47.7 Å². The average molecular weight is 438 g/mol. The summed E-state index contributed by atoms with van der Waals surface area (Å²) in [7, 11) is 0. The van der Waals surface area contributed by atoms with E-state index in [1.807, 2.05) is 42.7 Å². The fourth-order valence-corrected chi connectivity index (χ4v) is 4.07. The highest BCUT2D eigenvalue weighted by molar-refractivity contribution is 5.96. The number of anilines is 2. The van der Waals surface area contributed by atoms with E-state index >= 15 is 0 Å². The van der Waals surface area contributed by atoms with Gasteiger partial charge in [0.2, 0.25) is 11.6 Å². The molecule has 3 aromatic heterocycles. The van der Waals surface area contributed by atoms with Crippen molar-refractivity contribution < 1.29 is 0 Å². The van der Waals surface area contributed by atoms with Crippen LogP contribution >= 0.6 is 0 Å². The number of nitrogen functional groups attached to an aromatic ring is 1. The first-order valence-corrected chi connectivity index (χ1v) is 10.7. The van der Waals surface area contributed by atoms with E-state index in [0.29, 0.717) is 17.0 Å². The van der Waals surface area contributed by atoms with Gasteiger partial charge in [-0.1, -0.05) is 18.2 Å². The number of aromatic nitrogens is 5. The predicted octanol–water partition coefficient (Wildman–Crippen LogP) is 4.20. The molecule has 0 unspecified atom stereocenters. The Morgan fingerprint density at radius 3 is 2.67 bits per heavy atom. The second kappa shape index (κ2) is 7.98. The second-order valence-corrected chi connectivity index (χ2v) is 8.20. The van der Waals surface area contributed by atoms with E-state index in [-0.39, 0.29) is 29.3 Å². The summed E-state index contributed by atoms with van der Waals surface area (Å²) in [6, 6.07) is 7.71. The minimum absolute atomic E-state index is 0.0394. The van der Waals surface area contributed by atoms with Gasteiger partial charge in [0.25, 0.3) is 5.56 Å². The lowest BCUT2D eigenvalue weighted by Gasteiger charge is -2.22. The van der Waals surface area contributed by atoms with Gasteiger partial charge in [-0.05, 0) is 43.7 Å². The third-order valence-corrected chi connectivity index (χ3v) is 5.82. The Labute approximate surface area is 190 Å². The number of nitrogens with one attached hydrogen (secondary N) is 1. The first kappa shape index (κ1) is 20.6. The number of aryl methyl sites for hydroxylation is 1. The standard InChI is InChI=1S/C24H22N8O/c1-13(30-22-19(26-3)12-29-24(25)31-22)20-9-15-5-4-6-18(16-10-27-14(2)28-11-16)21(15)23(33)32(20)17-7-8-17/h4-6,9-13,17H,7-8H2,1-2H3,(H3,25,29,30,31)/t13-/m0/s1. The van der Waals surface area contributed by atoms with Crippen molar-refractivity contribution in [2.24, 2.45) is 0 Å². The van der Waals surface area contributed by atoms with Crippen LogP contribution in [0.3, 0.4) is 0 Å². The topological polar surface area (TPSA) is 116 Å². The van der Waals surface area contributed by atoms with Crippen LogP contribution in [0.1, 0.15) is 43.4 Å². The van der Waals surface area contributed by atoms with E-state index in [9.17, 15) is 4.79 Å². The maximum absolute atomic E-state index is 13.8. The maximum atomic E-state index is 13.8. The SMILES string of the molecule is [C-]#[N+]c1cnc(N)nc1N[C@@H](C)c1cc2cccc(-c3cnc(C)nc3)c2c(=O)n1C1CC1. The number of nitrogens with zero attached hydrogens (tertiary/aromatic N) is 6. The second-order valence-electron chi connectivity index (χ2n) is 8.20. The predicted molar refractivity (Wildman–Crippen MR) is 127 cm³/mol. The Kier molecular flexibility index (Phi) is 4.98. The van der Waals surface area contributed by atoms with Gasteiger partial charge in [0.15, 0.2) is 0 Å². The zero-order valence-electron chi connectivity index (χ0n) is 18.3. The summed E-state index contributed by atoms with van der Waals surface area (Å²) in [5.41, 5.74) is 8.43. The van der Waals surface area contributed by atoms with Crippen LogP contribution in [0, 0.1) is 13.5 Å². The zero-order valence-corrected chi connectivity index (χ0v) is 18.3. The summed E-state index contributed by atoms with van der Waals surface area (Å²) in [6.45, 7) is 11.2. The molecule has 3 heterocycles. The Hall–Kier alpha value is -4.32. The molecule has 5 rings (SSSR count). The molecule has 0 aliphatic heterocycles. The number of benzene rings is 1. The molecule has 1 saturated carbocycles. The number of nitrogens with two attached hydrogens (primary N) is 1. The molecule has 1 atom stereocenters. The molecular weight excluding hydrogens is 416 g/mol. The van der Waals surface area contributed by atoms with Crippen molar-refractivity contribution >= 4 is 28.2 Å². The Bertz CT molecular complexity index is 1470. The van der Waals surface area contributed by atoms with Gasteiger partial charge in [-0.15, -0.1) is 0 Å². The number of fused-ring (bicyclic) bond motifs is 1. The number of hydrogen-bond acceptors (Lipinski definition) is 7. The van der Waals surface area contributed by atoms with Crippen LogP contribution in [-0.4, -0.2) is 24.5 Å². The highest BCUT2D eigenvalue weighted by Gasteiger charge is 2.30. The average Bonchev–Trinajstić information content (AvgIpc) is 3.64. The summed E-state index contributed by atoms with van der Waals surface area (Å²) in [5, 5.41) is 4.75. The summed E-state index contributed by atoms with van der Waals surface area (Å²) in [6.07, 6.45) is 6.81. The van der Waals surface area contributed by atoms with Gasteiger partial charge in [0, 0.05) is 35.9 Å². The number of hydrogen-bond donors (Lipinski definition) is 2. The van der Waals surface area contributed by atoms with Crippen molar-refractivity contribution in [2.75, 3.05) is 11.1 Å². The lowest BCUT2D eigenvalue weighted by atomic mass is 9.99. The Morgan fingerprint density at radius 1 is 1.21 bits per heavy atom. The van der Waals surface area contributed by atoms with E-state index in [4.69, 9.17) is 12.3 Å². The van der Waals surface area contributed by atoms with E-state index in [2.05, 4.69) is 30.1 Å². The lowest BCUT2D eigenvalue weighted by Crippen LogP contribution is -2.26. The van der Waals surface area contributed by atoms with Crippen molar-refractivity contribution in [1.82, 2.24) is 24.5 Å². The van der Waals surface area contributed by atoms with E-state index in [1.165, 1.54) is 6.20 Å². The van der Waals surface area contributed by atoms with Gasteiger partial charge in [-0.3, -0.25) is 4.79 Å². The molecule has 0 saturated heterocycles. The van der Waals surface area contributed by atoms with Gasteiger partial charge < -0.3 is 15.6 Å². The fourth-order valence-electron chi connectivity index (χ4n) is 4.07. The first-order valence-electron chi connectivity index (χ1n) is 10.7. The molecule has 9 nitrogen and oxygen atoms in total. The van der Waals surface area contributed by atoms with Gasteiger partial charge >= 0.3 is 0 Å². The molecule has 4 aromatic rings. The van der Waals surface area contributed by atoms with Crippen molar-refractivity contribution in [1.29, 1.82) is 0 Å². The molecule has 1 aliphatic carbocycles. The molecule has 33 heavy (non-hydrogen) atoms. The maximum Gasteiger partial charge on any atom is 0.259 e. The van der Waals surface area contributed by atoms with Crippen molar-refractivity contribution in [3.63, 3.8) is 0 Å². The third-order valence-electron chi connectivity index (χ3n) is 5.82. The van der Waals surface area contributed by atoms with Gasteiger partial charge in [0.1, 0.15) is 11.6 Å². The van der Waals surface area contributed by atoms with E-state index in [1.54, 1.807) is 12.4 Å². The van der Waals surface area contributed by atoms with Gasteiger partial charge in [-0.25, -0.2) is 24.8 Å². The molecule has 164 valence electrons. The molecule has 0 radical (unpaired) electrons. The molecule has 0 amide bonds. The van der Waals surface area contributed by atoms with Crippen LogP contribution in [0.5, 0.6) is 0 Å². The largest absolute Gasteiger partial charge is 0.371 e. The fraction of sp³-hybridized carbons (Fsp3) is 0.250. The number of rotatable bonds is 5. The minimum atomic E-state index is -0.288. The van der Waals surface area contributed by atoms with Crippen LogP contribution in [0.2, 0.25) is 0 Å². The zero-order chi connectivity index (χ0) is 23.1. The van der Waals surface area contributed by atoms with E-state index in [0.717, 1.165) is 35.0 Å². The molecule has 9 heteroatoms. The van der Waals surface area contributed by atoms with E-state index < -0.39 is 0 Å². The Morgan fingerprint density at radius 2 is 1.97 bits per heavy atom. The minimum Gasteiger partial charge on any atom is -0.371 e. The van der Waals surface area contributed by atoms with Crippen molar-refractivity contribution in [3.05, 3.63) is 76.1 Å². The molecule has 1 aromatic carbocycles. The highest BCUT2D eigenvalue weighted by Crippen LogP contribution is 2.38. The van der Waals surface area contributed by atoms with Crippen LogP contribution in [0.4, 0.5) is 17.5 Å². The molecule has 0 spiro atoms. The summed E-state index contributed by atoms with van der Waals surface area (Å²) < 4.78 is 1.88. The van der Waals surface area contributed by atoms with Crippen LogP contribution in [0.25, 0.3) is 26.7 Å². The monoisotopic (exact) mass is 438 g/mol. The normalized spacial score (nSPS) is 14.1. The molecular formula is C24H22N8O. The first-order chi connectivity index (χ1) is 16.0. The number of pyridine rings is 1. The third kappa shape index (κ3) is 3.76. The molecule has 1 fully saturated rings. The van der Waals surface area contributed by atoms with Gasteiger partial charge in [-0.2, -0.15) is 0 Å². The molecule has 1 aliphatic rings. The van der Waals surface area contributed by atoms with Gasteiger partial charge in [0.05, 0.1) is 18.0 Å². The summed E-state index contributed by atoms with van der Waals surface area (Å²) >= 11 is 0. The lowest BCUT2D eigenvalue weighted by molar-refractivity contribution is 0.636. The summed E-state index contributed by atoms with van der Waals surface area (Å²) in [5.74, 6) is 1.12. The van der Waals surface area contributed by atoms with Crippen molar-refractivity contribution in [3.8, 4) is 11.1 Å². The highest BCUT2D eigenvalue weighted by atomic mass is 16.1. The van der Waals surface area contributed by atoms with Crippen molar-refractivity contribution in [2.45, 2.75) is 38.8 Å². The molecule has 0 bridgehead atoms.